The Bertz CT molecular complexity index is 423. The molecule has 0 heterocycles. The summed E-state index contributed by atoms with van der Waals surface area (Å²) in [6, 6.07) is 6.54. The molecule has 1 atom stereocenters. The molecular weight excluding hydrogens is 232 g/mol. The van der Waals surface area contributed by atoms with Gasteiger partial charge in [-0.15, -0.1) is 0 Å². The second kappa shape index (κ2) is 5.66. The van der Waals surface area contributed by atoms with Gasteiger partial charge in [-0.25, -0.2) is 0 Å². The SMILES string of the molecule is Cc1ccc(C)c(CC(O)C2CCC(C)(C)CC2)c1. The quantitative estimate of drug-likeness (QED) is 0.852. The zero-order chi connectivity index (χ0) is 14.0. The van der Waals surface area contributed by atoms with Crippen molar-refractivity contribution in [1.82, 2.24) is 0 Å². The molecule has 106 valence electrons. The van der Waals surface area contributed by atoms with Crippen LogP contribution in [-0.2, 0) is 6.42 Å². The maximum Gasteiger partial charge on any atom is 0.0608 e. The van der Waals surface area contributed by atoms with Crippen molar-refractivity contribution in [2.45, 2.75) is 65.9 Å². The number of aliphatic hydroxyl groups excluding tert-OH is 1. The van der Waals surface area contributed by atoms with Crippen LogP contribution in [0, 0.1) is 25.2 Å². The van der Waals surface area contributed by atoms with E-state index in [1.807, 2.05) is 0 Å². The van der Waals surface area contributed by atoms with Crippen LogP contribution in [0.2, 0.25) is 0 Å². The summed E-state index contributed by atoms with van der Waals surface area (Å²) in [6.07, 6.45) is 5.51. The lowest BCUT2D eigenvalue weighted by atomic mass is 9.71. The monoisotopic (exact) mass is 260 g/mol. The van der Waals surface area contributed by atoms with Crippen molar-refractivity contribution in [2.75, 3.05) is 0 Å². The van der Waals surface area contributed by atoms with Gasteiger partial charge in [0, 0.05) is 0 Å². The molecule has 0 bridgehead atoms. The van der Waals surface area contributed by atoms with Gasteiger partial charge in [0.1, 0.15) is 0 Å². The molecule has 1 nitrogen and oxygen atoms in total. The van der Waals surface area contributed by atoms with Crippen LogP contribution in [0.4, 0.5) is 0 Å². The molecule has 1 heteroatoms. The molecule has 1 unspecified atom stereocenters. The van der Waals surface area contributed by atoms with Crippen LogP contribution in [0.5, 0.6) is 0 Å². The minimum Gasteiger partial charge on any atom is -0.392 e. The molecule has 0 saturated heterocycles. The van der Waals surface area contributed by atoms with Crippen LogP contribution >= 0.6 is 0 Å². The van der Waals surface area contributed by atoms with E-state index in [4.69, 9.17) is 0 Å². The lowest BCUT2D eigenvalue weighted by molar-refractivity contribution is 0.0575. The van der Waals surface area contributed by atoms with E-state index in [1.165, 1.54) is 42.4 Å². The number of benzene rings is 1. The molecule has 19 heavy (non-hydrogen) atoms. The number of aliphatic hydroxyl groups is 1. The highest BCUT2D eigenvalue weighted by Gasteiger charge is 2.30. The topological polar surface area (TPSA) is 20.2 Å². The Hall–Kier alpha value is -0.820. The Kier molecular flexibility index (Phi) is 4.35. The molecule has 1 aliphatic rings. The van der Waals surface area contributed by atoms with E-state index < -0.39 is 0 Å². The molecule has 2 rings (SSSR count). The average Bonchev–Trinajstić information content (AvgIpc) is 2.33. The minimum atomic E-state index is -0.170. The maximum absolute atomic E-state index is 10.5. The number of aryl methyl sites for hydroxylation is 2. The second-order valence-corrected chi connectivity index (χ2v) is 7.20. The number of rotatable bonds is 3. The Morgan fingerprint density at radius 1 is 1.21 bits per heavy atom. The van der Waals surface area contributed by atoms with E-state index >= 15 is 0 Å². The third-order valence-electron chi connectivity index (χ3n) is 4.86. The van der Waals surface area contributed by atoms with Gasteiger partial charge in [-0.05, 0) is 68.4 Å². The van der Waals surface area contributed by atoms with Crippen LogP contribution < -0.4 is 0 Å². The van der Waals surface area contributed by atoms with Gasteiger partial charge in [0.05, 0.1) is 6.10 Å². The normalized spacial score (nSPS) is 21.3. The van der Waals surface area contributed by atoms with Crippen molar-refractivity contribution in [3.8, 4) is 0 Å². The van der Waals surface area contributed by atoms with Crippen LogP contribution in [-0.4, -0.2) is 11.2 Å². The maximum atomic E-state index is 10.5. The summed E-state index contributed by atoms with van der Waals surface area (Å²) >= 11 is 0. The summed E-state index contributed by atoms with van der Waals surface area (Å²) in [7, 11) is 0. The van der Waals surface area contributed by atoms with Gasteiger partial charge >= 0.3 is 0 Å². The molecule has 0 spiro atoms. The van der Waals surface area contributed by atoms with E-state index in [2.05, 4.69) is 45.9 Å². The van der Waals surface area contributed by atoms with Gasteiger partial charge in [0.25, 0.3) is 0 Å². The summed E-state index contributed by atoms with van der Waals surface area (Å²) in [4.78, 5) is 0. The van der Waals surface area contributed by atoms with Gasteiger partial charge in [0.2, 0.25) is 0 Å². The third kappa shape index (κ3) is 3.82. The van der Waals surface area contributed by atoms with Crippen LogP contribution in [0.25, 0.3) is 0 Å². The van der Waals surface area contributed by atoms with E-state index in [1.54, 1.807) is 0 Å². The zero-order valence-electron chi connectivity index (χ0n) is 12.9. The van der Waals surface area contributed by atoms with E-state index in [0.717, 1.165) is 6.42 Å². The predicted octanol–water partition coefficient (Wildman–Crippen LogP) is 4.42. The van der Waals surface area contributed by atoms with Crippen LogP contribution in [0.3, 0.4) is 0 Å². The largest absolute Gasteiger partial charge is 0.392 e. The van der Waals surface area contributed by atoms with Crippen molar-refractivity contribution in [1.29, 1.82) is 0 Å². The first-order chi connectivity index (χ1) is 8.87. The summed E-state index contributed by atoms with van der Waals surface area (Å²) < 4.78 is 0. The Morgan fingerprint density at radius 3 is 2.47 bits per heavy atom. The van der Waals surface area contributed by atoms with E-state index in [0.29, 0.717) is 11.3 Å². The second-order valence-electron chi connectivity index (χ2n) is 7.20. The molecule has 1 fully saturated rings. The van der Waals surface area contributed by atoms with Crippen LogP contribution in [0.1, 0.15) is 56.2 Å². The molecule has 1 aliphatic carbocycles. The highest BCUT2D eigenvalue weighted by molar-refractivity contribution is 5.31. The summed E-state index contributed by atoms with van der Waals surface area (Å²) in [5.41, 5.74) is 4.39. The summed E-state index contributed by atoms with van der Waals surface area (Å²) in [5, 5.41) is 10.5. The fraction of sp³-hybridized carbons (Fsp3) is 0.667. The molecule has 1 saturated carbocycles. The molecule has 1 N–H and O–H groups in total. The molecule has 1 aromatic carbocycles. The average molecular weight is 260 g/mol. The molecule has 0 radical (unpaired) electrons. The van der Waals surface area contributed by atoms with Crippen molar-refractivity contribution in [3.63, 3.8) is 0 Å². The molecule has 0 aliphatic heterocycles. The van der Waals surface area contributed by atoms with Gasteiger partial charge < -0.3 is 5.11 Å². The zero-order valence-corrected chi connectivity index (χ0v) is 12.9. The van der Waals surface area contributed by atoms with E-state index in [9.17, 15) is 5.11 Å². The van der Waals surface area contributed by atoms with Gasteiger partial charge in [-0.1, -0.05) is 37.6 Å². The van der Waals surface area contributed by atoms with Crippen LogP contribution in [0.15, 0.2) is 18.2 Å². The molecule has 0 aromatic heterocycles. The highest BCUT2D eigenvalue weighted by atomic mass is 16.3. The lowest BCUT2D eigenvalue weighted by Crippen LogP contribution is -2.30. The summed E-state index contributed by atoms with van der Waals surface area (Å²) in [5.74, 6) is 0.493. The third-order valence-corrected chi connectivity index (χ3v) is 4.86. The van der Waals surface area contributed by atoms with Crippen molar-refractivity contribution in [3.05, 3.63) is 34.9 Å². The Morgan fingerprint density at radius 2 is 1.84 bits per heavy atom. The first-order valence-electron chi connectivity index (χ1n) is 7.61. The molecule has 0 amide bonds. The van der Waals surface area contributed by atoms with Gasteiger partial charge in [0.15, 0.2) is 0 Å². The first-order valence-corrected chi connectivity index (χ1v) is 7.61. The number of hydrogen-bond acceptors (Lipinski definition) is 1. The minimum absolute atomic E-state index is 0.170. The Labute approximate surface area is 118 Å². The smallest absolute Gasteiger partial charge is 0.0608 e. The first kappa shape index (κ1) is 14.6. The van der Waals surface area contributed by atoms with E-state index in [-0.39, 0.29) is 6.10 Å². The van der Waals surface area contributed by atoms with Crippen molar-refractivity contribution < 1.29 is 5.11 Å². The lowest BCUT2D eigenvalue weighted by Gasteiger charge is -2.36. The molecule has 1 aromatic rings. The van der Waals surface area contributed by atoms with Gasteiger partial charge in [-0.2, -0.15) is 0 Å². The van der Waals surface area contributed by atoms with Crippen molar-refractivity contribution in [2.24, 2.45) is 11.3 Å². The highest BCUT2D eigenvalue weighted by Crippen LogP contribution is 2.39. The summed E-state index contributed by atoms with van der Waals surface area (Å²) in [6.45, 7) is 8.96. The predicted molar refractivity (Wildman–Crippen MR) is 81.4 cm³/mol. The standard InChI is InChI=1S/C18H28O/c1-13-5-6-14(2)16(11-13)12-17(19)15-7-9-18(3,4)10-8-15/h5-6,11,15,17,19H,7-10,12H2,1-4H3. The molecular formula is C18H28O. The van der Waals surface area contributed by atoms with Gasteiger partial charge in [-0.3, -0.25) is 0 Å². The number of hydrogen-bond donors (Lipinski definition) is 1. The fourth-order valence-corrected chi connectivity index (χ4v) is 3.22. The Balaban J connectivity index is 1.98. The fourth-order valence-electron chi connectivity index (χ4n) is 3.22. The van der Waals surface area contributed by atoms with Crippen molar-refractivity contribution >= 4 is 0 Å².